The highest BCUT2D eigenvalue weighted by molar-refractivity contribution is 7.89. The predicted molar refractivity (Wildman–Crippen MR) is 115 cm³/mol. The molecule has 0 radical (unpaired) electrons. The molecule has 1 N–H and O–H groups in total. The van der Waals surface area contributed by atoms with E-state index >= 15 is 0 Å². The van der Waals surface area contributed by atoms with Crippen LogP contribution in [0.4, 0.5) is 5.69 Å². The van der Waals surface area contributed by atoms with Crippen LogP contribution in [0.25, 0.3) is 0 Å². The number of anilines is 1. The fraction of sp³-hybridized carbons (Fsp3) is 0.409. The molecule has 0 saturated carbocycles. The van der Waals surface area contributed by atoms with E-state index in [1.165, 1.54) is 4.31 Å². The molecule has 1 aliphatic heterocycles. The fourth-order valence-corrected chi connectivity index (χ4v) is 5.07. The summed E-state index contributed by atoms with van der Waals surface area (Å²) in [6.07, 6.45) is 2.61. The Bertz CT molecular complexity index is 912. The third kappa shape index (κ3) is 5.58. The number of piperidine rings is 1. The summed E-state index contributed by atoms with van der Waals surface area (Å²) >= 11 is 0. The Morgan fingerprint density at radius 1 is 1.10 bits per heavy atom. The maximum absolute atomic E-state index is 13.0. The van der Waals surface area contributed by atoms with Gasteiger partial charge in [-0.25, -0.2) is 8.42 Å². The Morgan fingerprint density at radius 2 is 1.79 bits per heavy atom. The minimum absolute atomic E-state index is 0.0339. The Balaban J connectivity index is 1.58. The van der Waals surface area contributed by atoms with Gasteiger partial charge in [-0.3, -0.25) is 4.79 Å². The van der Waals surface area contributed by atoms with Crippen LogP contribution in [0.1, 0.15) is 24.8 Å². The van der Waals surface area contributed by atoms with Gasteiger partial charge < -0.3 is 10.2 Å². The third-order valence-electron chi connectivity index (χ3n) is 5.22. The second kappa shape index (κ2) is 9.41. The maximum Gasteiger partial charge on any atom is 0.243 e. The summed E-state index contributed by atoms with van der Waals surface area (Å²) in [6, 6.07) is 16.6. The van der Waals surface area contributed by atoms with Crippen LogP contribution in [0.15, 0.2) is 59.5 Å². The number of carbonyl (C=O) groups excluding carboxylic acids is 1. The first-order valence-corrected chi connectivity index (χ1v) is 11.4. The molecule has 0 aromatic heterocycles. The van der Waals surface area contributed by atoms with E-state index in [0.29, 0.717) is 30.8 Å². The average molecular weight is 416 g/mol. The van der Waals surface area contributed by atoms with Crippen molar-refractivity contribution in [3.05, 3.63) is 60.2 Å². The van der Waals surface area contributed by atoms with Crippen molar-refractivity contribution in [2.45, 2.75) is 36.6 Å². The largest absolute Gasteiger partial charge is 0.378 e. The summed E-state index contributed by atoms with van der Waals surface area (Å²) < 4.78 is 27.5. The van der Waals surface area contributed by atoms with Gasteiger partial charge in [-0.2, -0.15) is 4.31 Å². The summed E-state index contributed by atoms with van der Waals surface area (Å²) in [5.41, 5.74) is 2.07. The second-order valence-electron chi connectivity index (χ2n) is 7.64. The molecule has 1 heterocycles. The van der Waals surface area contributed by atoms with Gasteiger partial charge in [0.1, 0.15) is 0 Å². The number of aryl methyl sites for hydroxylation is 1. The number of hydrogen-bond donors (Lipinski definition) is 1. The molecule has 3 rings (SSSR count). The molecule has 1 fully saturated rings. The van der Waals surface area contributed by atoms with Gasteiger partial charge in [0.05, 0.1) is 4.90 Å². The molecular weight excluding hydrogens is 386 g/mol. The standard InChI is InChI=1S/C22H29N3O3S/c1-24(2)20-11-13-21(14-12-20)29(27,28)25-16-6-9-19(17-25)23-22(26)15-10-18-7-4-3-5-8-18/h3-5,7-8,11-14,19H,6,9-10,15-17H2,1-2H3,(H,23,26). The Labute approximate surface area is 173 Å². The van der Waals surface area contributed by atoms with Crippen molar-refractivity contribution in [3.8, 4) is 0 Å². The van der Waals surface area contributed by atoms with Crippen LogP contribution in [0.5, 0.6) is 0 Å². The fourth-order valence-electron chi connectivity index (χ4n) is 3.55. The van der Waals surface area contributed by atoms with Gasteiger partial charge in [0.25, 0.3) is 0 Å². The predicted octanol–water partition coefficient (Wildman–Crippen LogP) is 2.65. The Hall–Kier alpha value is -2.38. The molecule has 1 saturated heterocycles. The lowest BCUT2D eigenvalue weighted by Crippen LogP contribution is -2.49. The van der Waals surface area contributed by atoms with Crippen molar-refractivity contribution in [1.82, 2.24) is 9.62 Å². The first-order valence-electron chi connectivity index (χ1n) is 9.97. The molecule has 2 aromatic rings. The molecule has 1 atom stereocenters. The second-order valence-corrected chi connectivity index (χ2v) is 9.58. The lowest BCUT2D eigenvalue weighted by atomic mass is 10.1. The number of nitrogens with one attached hydrogen (secondary N) is 1. The van der Waals surface area contributed by atoms with Gasteiger partial charge in [0, 0.05) is 45.3 Å². The van der Waals surface area contributed by atoms with Crippen LogP contribution < -0.4 is 10.2 Å². The van der Waals surface area contributed by atoms with Gasteiger partial charge in [0.2, 0.25) is 15.9 Å². The van der Waals surface area contributed by atoms with Crippen molar-refractivity contribution in [2.24, 2.45) is 0 Å². The van der Waals surface area contributed by atoms with Crippen LogP contribution >= 0.6 is 0 Å². The van der Waals surface area contributed by atoms with Gasteiger partial charge >= 0.3 is 0 Å². The zero-order valence-corrected chi connectivity index (χ0v) is 17.9. The summed E-state index contributed by atoms with van der Waals surface area (Å²) in [5.74, 6) is -0.0339. The average Bonchev–Trinajstić information content (AvgIpc) is 2.73. The number of rotatable bonds is 7. The molecule has 1 aliphatic rings. The van der Waals surface area contributed by atoms with Gasteiger partial charge in [-0.05, 0) is 49.1 Å². The van der Waals surface area contributed by atoms with Crippen LogP contribution in [0.3, 0.4) is 0 Å². The summed E-state index contributed by atoms with van der Waals surface area (Å²) in [5, 5.41) is 3.01. The minimum atomic E-state index is -3.56. The summed E-state index contributed by atoms with van der Waals surface area (Å²) in [6.45, 7) is 0.795. The molecular formula is C22H29N3O3S. The first kappa shape index (κ1) is 21.3. The number of nitrogens with zero attached hydrogens (tertiary/aromatic N) is 2. The molecule has 0 bridgehead atoms. The highest BCUT2D eigenvalue weighted by Gasteiger charge is 2.30. The van der Waals surface area contributed by atoms with Gasteiger partial charge in [-0.1, -0.05) is 30.3 Å². The Kier molecular flexibility index (Phi) is 6.92. The van der Waals surface area contributed by atoms with Crippen molar-refractivity contribution in [1.29, 1.82) is 0 Å². The SMILES string of the molecule is CN(C)c1ccc(S(=O)(=O)N2CCCC(NC(=O)CCc3ccccc3)C2)cc1. The van der Waals surface area contributed by atoms with E-state index in [-0.39, 0.29) is 11.9 Å². The van der Waals surface area contributed by atoms with Crippen molar-refractivity contribution in [2.75, 3.05) is 32.1 Å². The van der Waals surface area contributed by atoms with Gasteiger partial charge in [0.15, 0.2) is 0 Å². The monoisotopic (exact) mass is 415 g/mol. The van der Waals surface area contributed by atoms with E-state index in [2.05, 4.69) is 5.32 Å². The van der Waals surface area contributed by atoms with E-state index < -0.39 is 10.0 Å². The normalized spacial score (nSPS) is 17.7. The molecule has 0 aliphatic carbocycles. The molecule has 7 heteroatoms. The first-order chi connectivity index (χ1) is 13.9. The minimum Gasteiger partial charge on any atom is -0.378 e. The molecule has 1 unspecified atom stereocenters. The van der Waals surface area contributed by atoms with E-state index in [4.69, 9.17) is 0 Å². The lowest BCUT2D eigenvalue weighted by molar-refractivity contribution is -0.122. The molecule has 156 valence electrons. The molecule has 6 nitrogen and oxygen atoms in total. The van der Waals surface area contributed by atoms with Crippen molar-refractivity contribution < 1.29 is 13.2 Å². The van der Waals surface area contributed by atoms with Crippen molar-refractivity contribution in [3.63, 3.8) is 0 Å². The smallest absolute Gasteiger partial charge is 0.243 e. The Morgan fingerprint density at radius 3 is 2.45 bits per heavy atom. The van der Waals surface area contributed by atoms with E-state index in [0.717, 1.165) is 24.1 Å². The van der Waals surface area contributed by atoms with Gasteiger partial charge in [-0.15, -0.1) is 0 Å². The maximum atomic E-state index is 13.0. The highest BCUT2D eigenvalue weighted by Crippen LogP contribution is 2.23. The number of benzene rings is 2. The van der Waals surface area contributed by atoms with E-state index in [1.807, 2.05) is 49.3 Å². The lowest BCUT2D eigenvalue weighted by Gasteiger charge is -2.32. The summed E-state index contributed by atoms with van der Waals surface area (Å²) in [4.78, 5) is 14.5. The van der Waals surface area contributed by atoms with Crippen molar-refractivity contribution >= 4 is 21.6 Å². The zero-order valence-electron chi connectivity index (χ0n) is 17.0. The molecule has 29 heavy (non-hydrogen) atoms. The third-order valence-corrected chi connectivity index (χ3v) is 7.10. The van der Waals surface area contributed by atoms with Crippen LogP contribution in [-0.4, -0.2) is 51.9 Å². The topological polar surface area (TPSA) is 69.7 Å². The zero-order chi connectivity index (χ0) is 20.9. The molecule has 1 amide bonds. The quantitative estimate of drug-likeness (QED) is 0.755. The number of amides is 1. The molecule has 2 aromatic carbocycles. The van der Waals surface area contributed by atoms with Crippen LogP contribution in [-0.2, 0) is 21.2 Å². The highest BCUT2D eigenvalue weighted by atomic mass is 32.2. The number of hydrogen-bond acceptors (Lipinski definition) is 4. The van der Waals surface area contributed by atoms with Crippen LogP contribution in [0, 0.1) is 0 Å². The van der Waals surface area contributed by atoms with E-state index in [1.54, 1.807) is 24.3 Å². The number of carbonyl (C=O) groups is 1. The van der Waals surface area contributed by atoms with E-state index in [9.17, 15) is 13.2 Å². The summed E-state index contributed by atoms with van der Waals surface area (Å²) in [7, 11) is 0.267. The number of sulfonamides is 1. The van der Waals surface area contributed by atoms with Crippen LogP contribution in [0.2, 0.25) is 0 Å². The molecule has 0 spiro atoms.